The molecule has 2 rings (SSSR count). The molecule has 0 saturated heterocycles. The van der Waals surface area contributed by atoms with E-state index in [1.54, 1.807) is 6.42 Å². The SMILES string of the molecule is O=C([CH]CC1=CCCC1)c1ccccc1. The zero-order chi connectivity index (χ0) is 10.5. The summed E-state index contributed by atoms with van der Waals surface area (Å²) in [5.74, 6) is 0.142. The minimum Gasteiger partial charge on any atom is -0.294 e. The fraction of sp³-hybridized carbons (Fsp3) is 0.286. The molecule has 1 aliphatic rings. The van der Waals surface area contributed by atoms with Gasteiger partial charge in [-0.25, -0.2) is 0 Å². The Morgan fingerprint density at radius 1 is 1.27 bits per heavy atom. The predicted molar refractivity (Wildman–Crippen MR) is 61.6 cm³/mol. The summed E-state index contributed by atoms with van der Waals surface area (Å²) in [6.45, 7) is 0. The highest BCUT2D eigenvalue weighted by Gasteiger charge is 2.09. The van der Waals surface area contributed by atoms with E-state index in [9.17, 15) is 4.79 Å². The van der Waals surface area contributed by atoms with Crippen molar-refractivity contribution in [1.29, 1.82) is 0 Å². The van der Waals surface area contributed by atoms with Crippen LogP contribution in [0.5, 0.6) is 0 Å². The van der Waals surface area contributed by atoms with E-state index in [1.165, 1.54) is 24.8 Å². The van der Waals surface area contributed by atoms with Crippen LogP contribution in [0.15, 0.2) is 42.0 Å². The summed E-state index contributed by atoms with van der Waals surface area (Å²) >= 11 is 0. The van der Waals surface area contributed by atoms with Crippen LogP contribution in [0.4, 0.5) is 0 Å². The number of carbonyl (C=O) groups is 1. The number of hydrogen-bond acceptors (Lipinski definition) is 1. The lowest BCUT2D eigenvalue weighted by Gasteiger charge is -2.01. The van der Waals surface area contributed by atoms with Crippen LogP contribution in [-0.4, -0.2) is 5.78 Å². The molecule has 0 atom stereocenters. The summed E-state index contributed by atoms with van der Waals surface area (Å²) in [6.07, 6.45) is 8.49. The van der Waals surface area contributed by atoms with E-state index < -0.39 is 0 Å². The third-order valence-electron chi connectivity index (χ3n) is 2.74. The lowest BCUT2D eigenvalue weighted by atomic mass is 10.0. The molecule has 77 valence electrons. The third-order valence-corrected chi connectivity index (χ3v) is 2.74. The molecule has 1 aliphatic carbocycles. The minimum atomic E-state index is 0.142. The first kappa shape index (κ1) is 10.2. The van der Waals surface area contributed by atoms with E-state index in [0.717, 1.165) is 12.0 Å². The smallest absolute Gasteiger partial charge is 0.167 e. The van der Waals surface area contributed by atoms with Crippen LogP contribution in [0.25, 0.3) is 0 Å². The lowest BCUT2D eigenvalue weighted by molar-refractivity contribution is 0.102. The molecule has 0 amide bonds. The fourth-order valence-corrected chi connectivity index (χ4v) is 1.87. The van der Waals surface area contributed by atoms with Crippen LogP contribution in [0.2, 0.25) is 0 Å². The standard InChI is InChI=1S/C14H15O/c15-14(13-8-2-1-3-9-13)11-10-12-6-4-5-7-12/h1-3,6,8-9,11H,4-5,7,10H2. The van der Waals surface area contributed by atoms with Gasteiger partial charge in [0, 0.05) is 12.0 Å². The number of hydrogen-bond donors (Lipinski definition) is 0. The van der Waals surface area contributed by atoms with Crippen LogP contribution in [0.1, 0.15) is 36.0 Å². The van der Waals surface area contributed by atoms with Gasteiger partial charge in [0.1, 0.15) is 0 Å². The summed E-state index contributed by atoms with van der Waals surface area (Å²) in [4.78, 5) is 11.7. The minimum absolute atomic E-state index is 0.142. The molecule has 0 N–H and O–H groups in total. The number of Topliss-reactive ketones (excluding diaryl/α,β-unsaturated/α-hetero) is 1. The maximum Gasteiger partial charge on any atom is 0.167 e. The van der Waals surface area contributed by atoms with E-state index in [2.05, 4.69) is 6.08 Å². The van der Waals surface area contributed by atoms with Gasteiger partial charge < -0.3 is 0 Å². The highest BCUT2D eigenvalue weighted by atomic mass is 16.1. The van der Waals surface area contributed by atoms with E-state index in [0.29, 0.717) is 0 Å². The van der Waals surface area contributed by atoms with Gasteiger partial charge in [-0.05, 0) is 25.7 Å². The Hall–Kier alpha value is -1.37. The van der Waals surface area contributed by atoms with Gasteiger partial charge in [0.25, 0.3) is 0 Å². The maximum absolute atomic E-state index is 11.7. The highest BCUT2D eigenvalue weighted by Crippen LogP contribution is 2.22. The molecule has 0 aromatic heterocycles. The van der Waals surface area contributed by atoms with Crippen molar-refractivity contribution in [1.82, 2.24) is 0 Å². The van der Waals surface area contributed by atoms with Gasteiger partial charge in [-0.3, -0.25) is 4.79 Å². The molecule has 0 spiro atoms. The van der Waals surface area contributed by atoms with Gasteiger partial charge >= 0.3 is 0 Å². The van der Waals surface area contributed by atoms with Gasteiger partial charge in [-0.1, -0.05) is 42.0 Å². The molecule has 0 saturated carbocycles. The lowest BCUT2D eigenvalue weighted by Crippen LogP contribution is -1.99. The van der Waals surface area contributed by atoms with Crippen molar-refractivity contribution < 1.29 is 4.79 Å². The van der Waals surface area contributed by atoms with Crippen molar-refractivity contribution >= 4 is 5.78 Å². The second-order valence-corrected chi connectivity index (χ2v) is 3.89. The molecule has 0 heterocycles. The number of allylic oxidation sites excluding steroid dienone is 2. The molecule has 1 nitrogen and oxygen atoms in total. The molecular formula is C14H15O. The normalized spacial score (nSPS) is 15.1. The van der Waals surface area contributed by atoms with Crippen molar-refractivity contribution in [2.45, 2.75) is 25.7 Å². The molecule has 0 aliphatic heterocycles. The van der Waals surface area contributed by atoms with E-state index in [1.807, 2.05) is 30.3 Å². The van der Waals surface area contributed by atoms with Crippen molar-refractivity contribution in [3.63, 3.8) is 0 Å². The average Bonchev–Trinajstić information content (AvgIpc) is 2.80. The monoisotopic (exact) mass is 199 g/mol. The second kappa shape index (κ2) is 4.92. The number of rotatable bonds is 4. The largest absolute Gasteiger partial charge is 0.294 e. The molecule has 1 aromatic rings. The maximum atomic E-state index is 11.7. The molecule has 1 aromatic carbocycles. The molecule has 0 unspecified atom stereocenters. The first-order valence-electron chi connectivity index (χ1n) is 5.47. The van der Waals surface area contributed by atoms with Crippen molar-refractivity contribution in [3.8, 4) is 0 Å². The topological polar surface area (TPSA) is 17.1 Å². The van der Waals surface area contributed by atoms with Crippen LogP contribution in [0.3, 0.4) is 0 Å². The Morgan fingerprint density at radius 3 is 2.73 bits per heavy atom. The Morgan fingerprint density at radius 2 is 2.07 bits per heavy atom. The summed E-state index contributed by atoms with van der Waals surface area (Å²) in [5.41, 5.74) is 2.20. The van der Waals surface area contributed by atoms with Crippen LogP contribution in [0, 0.1) is 6.42 Å². The van der Waals surface area contributed by atoms with Gasteiger partial charge in [0.05, 0.1) is 0 Å². The quantitative estimate of drug-likeness (QED) is 0.535. The van der Waals surface area contributed by atoms with Crippen molar-refractivity contribution in [2.75, 3.05) is 0 Å². The summed E-state index contributed by atoms with van der Waals surface area (Å²) in [6, 6.07) is 9.45. The second-order valence-electron chi connectivity index (χ2n) is 3.89. The zero-order valence-electron chi connectivity index (χ0n) is 8.78. The predicted octanol–water partition coefficient (Wildman–Crippen LogP) is 3.57. The molecule has 0 fully saturated rings. The summed E-state index contributed by atoms with van der Waals surface area (Å²) in [7, 11) is 0. The first-order chi connectivity index (χ1) is 7.36. The summed E-state index contributed by atoms with van der Waals surface area (Å²) in [5, 5.41) is 0. The molecular weight excluding hydrogens is 184 g/mol. The van der Waals surface area contributed by atoms with Gasteiger partial charge in [0.15, 0.2) is 5.78 Å². The van der Waals surface area contributed by atoms with Crippen LogP contribution < -0.4 is 0 Å². The van der Waals surface area contributed by atoms with E-state index >= 15 is 0 Å². The molecule has 15 heavy (non-hydrogen) atoms. The Balaban J connectivity index is 1.87. The highest BCUT2D eigenvalue weighted by molar-refractivity contribution is 6.02. The van der Waals surface area contributed by atoms with Gasteiger partial charge in [0.2, 0.25) is 0 Å². The Kier molecular flexibility index (Phi) is 3.33. The summed E-state index contributed by atoms with van der Waals surface area (Å²) < 4.78 is 0. The average molecular weight is 199 g/mol. The Labute approximate surface area is 90.8 Å². The zero-order valence-corrected chi connectivity index (χ0v) is 8.78. The van der Waals surface area contributed by atoms with E-state index in [4.69, 9.17) is 0 Å². The van der Waals surface area contributed by atoms with Crippen LogP contribution in [-0.2, 0) is 0 Å². The van der Waals surface area contributed by atoms with Crippen molar-refractivity contribution in [2.24, 2.45) is 0 Å². The Bertz CT molecular complexity index is 362. The van der Waals surface area contributed by atoms with Gasteiger partial charge in [-0.15, -0.1) is 0 Å². The number of carbonyl (C=O) groups excluding carboxylic acids is 1. The van der Waals surface area contributed by atoms with Gasteiger partial charge in [-0.2, -0.15) is 0 Å². The molecule has 0 bridgehead atoms. The molecule has 1 radical (unpaired) electrons. The fourth-order valence-electron chi connectivity index (χ4n) is 1.87. The number of benzene rings is 1. The van der Waals surface area contributed by atoms with E-state index in [-0.39, 0.29) is 5.78 Å². The molecule has 1 heteroatoms. The third kappa shape index (κ3) is 2.79. The van der Waals surface area contributed by atoms with Crippen molar-refractivity contribution in [3.05, 3.63) is 54.0 Å². The number of ketones is 1. The van der Waals surface area contributed by atoms with Crippen LogP contribution >= 0.6 is 0 Å². The first-order valence-corrected chi connectivity index (χ1v) is 5.47.